The smallest absolute Gasteiger partial charge is 0.250 e. The summed E-state index contributed by atoms with van der Waals surface area (Å²) in [6, 6.07) is 16.6. The number of hydrogen-bond donors (Lipinski definition) is 2. The number of hydrogen-bond acceptors (Lipinski definition) is 6. The van der Waals surface area contributed by atoms with Crippen LogP contribution in [0.3, 0.4) is 0 Å². The fourth-order valence-electron chi connectivity index (χ4n) is 3.70. The van der Waals surface area contributed by atoms with Crippen LogP contribution in [0.2, 0.25) is 0 Å². The van der Waals surface area contributed by atoms with Gasteiger partial charge in [-0.05, 0) is 35.5 Å². The van der Waals surface area contributed by atoms with Crippen LogP contribution in [0.25, 0.3) is 0 Å². The Labute approximate surface area is 173 Å². The highest BCUT2D eigenvalue weighted by molar-refractivity contribution is 7.80. The van der Waals surface area contributed by atoms with Crippen molar-refractivity contribution in [2.45, 2.75) is 18.6 Å². The van der Waals surface area contributed by atoms with Crippen LogP contribution < -0.4 is 20.5 Å². The van der Waals surface area contributed by atoms with Crippen molar-refractivity contribution in [2.24, 2.45) is 5.73 Å². The largest absolute Gasteiger partial charge is 0.493 e. The van der Waals surface area contributed by atoms with E-state index in [1.54, 1.807) is 19.2 Å². The Morgan fingerprint density at radius 2 is 2.00 bits per heavy atom. The molecule has 2 aliphatic rings. The summed E-state index contributed by atoms with van der Waals surface area (Å²) >= 11 is 5.19. The monoisotopic (exact) mass is 406 g/mol. The van der Waals surface area contributed by atoms with E-state index in [-0.39, 0.29) is 16.8 Å². The Balaban J connectivity index is 1.66. The molecule has 3 N–H and O–H groups in total. The quantitative estimate of drug-likeness (QED) is 0.734. The van der Waals surface area contributed by atoms with E-state index in [1.165, 1.54) is 4.90 Å². The summed E-state index contributed by atoms with van der Waals surface area (Å²) in [4.78, 5) is 14.0. The number of methoxy groups -OCH3 is 1. The number of fused-ring (bicyclic) bond motifs is 1. The minimum Gasteiger partial charge on any atom is -0.493 e. The first-order valence-corrected chi connectivity index (χ1v) is 9.34. The van der Waals surface area contributed by atoms with Gasteiger partial charge >= 0.3 is 0 Å². The second-order valence-electron chi connectivity index (χ2n) is 6.68. The molecule has 1 amide bonds. The van der Waals surface area contributed by atoms with Crippen LogP contribution in [0.15, 0.2) is 59.9 Å². The summed E-state index contributed by atoms with van der Waals surface area (Å²) in [5, 5.41) is 12.5. The van der Waals surface area contributed by atoms with Gasteiger partial charge in [-0.25, -0.2) is 0 Å². The Hall–Kier alpha value is -3.57. The summed E-state index contributed by atoms with van der Waals surface area (Å²) < 4.78 is 11.4. The van der Waals surface area contributed by atoms with Crippen LogP contribution in [0, 0.1) is 11.3 Å². The molecule has 0 spiro atoms. The molecule has 29 heavy (non-hydrogen) atoms. The lowest BCUT2D eigenvalue weighted by Crippen LogP contribution is -2.35. The van der Waals surface area contributed by atoms with E-state index < -0.39 is 12.0 Å². The molecular weight excluding hydrogens is 388 g/mol. The number of rotatable bonds is 5. The normalized spacial score (nSPS) is 20.3. The Morgan fingerprint density at radius 3 is 2.69 bits per heavy atom. The summed E-state index contributed by atoms with van der Waals surface area (Å²) in [7, 11) is 1.54. The molecule has 1 fully saturated rings. The number of nitriles is 1. The van der Waals surface area contributed by atoms with Crippen LogP contribution in [-0.4, -0.2) is 29.1 Å². The van der Waals surface area contributed by atoms with E-state index in [4.69, 9.17) is 27.4 Å². The minimum atomic E-state index is -0.682. The topological polar surface area (TPSA) is 101 Å². The summed E-state index contributed by atoms with van der Waals surface area (Å²) in [6.45, 7) is 0.392. The third-order valence-electron chi connectivity index (χ3n) is 5.06. The van der Waals surface area contributed by atoms with E-state index in [9.17, 15) is 10.1 Å². The molecule has 0 saturated carbocycles. The van der Waals surface area contributed by atoms with E-state index in [0.29, 0.717) is 23.7 Å². The average Bonchev–Trinajstić information content (AvgIpc) is 3.21. The number of nitrogens with zero attached hydrogens (tertiary/aromatic N) is 2. The second-order valence-corrected chi connectivity index (χ2v) is 7.07. The van der Waals surface area contributed by atoms with Crippen LogP contribution in [0.5, 0.6) is 11.5 Å². The van der Waals surface area contributed by atoms with Crippen molar-refractivity contribution in [3.05, 3.63) is 71.1 Å². The number of carbonyl (C=O) groups is 1. The van der Waals surface area contributed by atoms with Gasteiger partial charge in [0.25, 0.3) is 0 Å². The number of nitrogens with two attached hydrogens (primary N) is 1. The maximum absolute atomic E-state index is 12.4. The van der Waals surface area contributed by atoms with Crippen molar-refractivity contribution in [3.8, 4) is 17.6 Å². The zero-order valence-corrected chi connectivity index (χ0v) is 16.4. The molecule has 2 unspecified atom stereocenters. The van der Waals surface area contributed by atoms with Crippen molar-refractivity contribution in [2.75, 3.05) is 7.11 Å². The minimum absolute atomic E-state index is 0.203. The third kappa shape index (κ3) is 3.15. The van der Waals surface area contributed by atoms with E-state index >= 15 is 0 Å². The molecule has 4 rings (SSSR count). The van der Waals surface area contributed by atoms with Gasteiger partial charge in [-0.1, -0.05) is 36.4 Å². The lowest BCUT2D eigenvalue weighted by Gasteiger charge is -2.21. The van der Waals surface area contributed by atoms with Crippen molar-refractivity contribution < 1.29 is 14.3 Å². The first kappa shape index (κ1) is 18.8. The molecule has 0 aliphatic carbocycles. The number of ether oxygens (including phenoxy) is 2. The number of benzene rings is 2. The molecule has 0 radical (unpaired) electrons. The zero-order chi connectivity index (χ0) is 20.5. The first-order chi connectivity index (χ1) is 14.0. The van der Waals surface area contributed by atoms with Gasteiger partial charge in [0, 0.05) is 0 Å². The fraction of sp³-hybridized carbons (Fsp3) is 0.190. The first-order valence-electron chi connectivity index (χ1n) is 8.93. The number of nitrogens with one attached hydrogen (secondary N) is 1. The van der Waals surface area contributed by atoms with Crippen LogP contribution in [-0.2, 0) is 11.4 Å². The van der Waals surface area contributed by atoms with Gasteiger partial charge < -0.3 is 20.5 Å². The van der Waals surface area contributed by atoms with Crippen molar-refractivity contribution in [3.63, 3.8) is 0 Å². The van der Waals surface area contributed by atoms with Crippen molar-refractivity contribution in [1.29, 1.82) is 5.26 Å². The molecule has 146 valence electrons. The fourth-order valence-corrected chi connectivity index (χ4v) is 4.01. The highest BCUT2D eigenvalue weighted by Crippen LogP contribution is 2.43. The van der Waals surface area contributed by atoms with Crippen LogP contribution >= 0.6 is 12.2 Å². The summed E-state index contributed by atoms with van der Waals surface area (Å²) in [5.41, 5.74) is 8.18. The lowest BCUT2D eigenvalue weighted by molar-refractivity contribution is -0.121. The Bertz CT molecular complexity index is 1060. The third-order valence-corrected chi connectivity index (χ3v) is 5.36. The molecule has 2 atom stereocenters. The highest BCUT2D eigenvalue weighted by Gasteiger charge is 2.51. The van der Waals surface area contributed by atoms with E-state index in [0.717, 1.165) is 11.1 Å². The maximum atomic E-state index is 12.4. The van der Waals surface area contributed by atoms with Crippen LogP contribution in [0.1, 0.15) is 17.0 Å². The van der Waals surface area contributed by atoms with Gasteiger partial charge in [-0.15, -0.1) is 0 Å². The molecule has 7 nitrogen and oxygen atoms in total. The predicted octanol–water partition coefficient (Wildman–Crippen LogP) is 2.15. The zero-order valence-electron chi connectivity index (χ0n) is 15.6. The Morgan fingerprint density at radius 1 is 1.24 bits per heavy atom. The van der Waals surface area contributed by atoms with Crippen molar-refractivity contribution >= 4 is 23.2 Å². The Kier molecular flexibility index (Phi) is 4.82. The lowest BCUT2D eigenvalue weighted by atomic mass is 9.87. The van der Waals surface area contributed by atoms with Gasteiger partial charge in [-0.3, -0.25) is 9.69 Å². The second kappa shape index (κ2) is 7.45. The van der Waals surface area contributed by atoms with E-state index in [2.05, 4.69) is 11.4 Å². The standard InChI is InChI=1S/C21H18N4O3S/c1-27-16-9-13(7-8-15(16)28-11-12-5-3-2-4-6-12)17-14(10-22)19(23)25-18(17)20(26)24-21(25)29/h2-9,17-18H,11,23H2,1H3,(H,24,26,29). The molecule has 2 heterocycles. The molecule has 2 aromatic carbocycles. The molecule has 2 aliphatic heterocycles. The predicted molar refractivity (Wildman–Crippen MR) is 110 cm³/mol. The SMILES string of the molecule is COc1cc(C2C(C#N)=C(N)N3C(=S)NC(=O)C23)ccc1OCc1ccccc1. The number of amides is 1. The highest BCUT2D eigenvalue weighted by atomic mass is 32.1. The molecular formula is C21H18N4O3S. The molecule has 0 bridgehead atoms. The molecule has 8 heteroatoms. The molecule has 2 aromatic rings. The maximum Gasteiger partial charge on any atom is 0.250 e. The van der Waals surface area contributed by atoms with Crippen molar-refractivity contribution in [1.82, 2.24) is 10.2 Å². The molecule has 1 saturated heterocycles. The number of thiocarbonyl (C=S) groups is 1. The summed E-state index contributed by atoms with van der Waals surface area (Å²) in [5.74, 6) is 0.453. The summed E-state index contributed by atoms with van der Waals surface area (Å²) in [6.07, 6.45) is 0. The van der Waals surface area contributed by atoms with Gasteiger partial charge in [0.05, 0.1) is 24.7 Å². The van der Waals surface area contributed by atoms with Crippen LogP contribution in [0.4, 0.5) is 0 Å². The van der Waals surface area contributed by atoms with Gasteiger partial charge in [0.15, 0.2) is 16.6 Å². The molecule has 0 aromatic heterocycles. The van der Waals surface area contributed by atoms with E-state index in [1.807, 2.05) is 36.4 Å². The van der Waals surface area contributed by atoms with Gasteiger partial charge in [0.2, 0.25) is 5.91 Å². The average molecular weight is 406 g/mol. The number of carbonyl (C=O) groups excluding carboxylic acids is 1. The van der Waals surface area contributed by atoms with Gasteiger partial charge in [-0.2, -0.15) is 5.26 Å². The van der Waals surface area contributed by atoms with Gasteiger partial charge in [0.1, 0.15) is 18.5 Å².